The first-order chi connectivity index (χ1) is 11.8. The highest BCUT2D eigenvalue weighted by molar-refractivity contribution is 7.12. The van der Waals surface area contributed by atoms with E-state index in [9.17, 15) is 19.5 Å². The second-order valence-corrected chi connectivity index (χ2v) is 6.69. The molecule has 6 nitrogen and oxygen atoms in total. The lowest BCUT2D eigenvalue weighted by atomic mass is 9.97. The molecule has 1 aromatic heterocycles. The summed E-state index contributed by atoms with van der Waals surface area (Å²) < 4.78 is 0. The topological polar surface area (TPSA) is 95.5 Å². The summed E-state index contributed by atoms with van der Waals surface area (Å²) in [6.45, 7) is 5.21. The van der Waals surface area contributed by atoms with E-state index >= 15 is 0 Å². The largest absolute Gasteiger partial charge is 0.479 e. The van der Waals surface area contributed by atoms with E-state index in [0.29, 0.717) is 10.4 Å². The number of carboxylic acids is 1. The average molecular weight is 360 g/mol. The van der Waals surface area contributed by atoms with E-state index in [4.69, 9.17) is 0 Å². The van der Waals surface area contributed by atoms with E-state index in [1.54, 1.807) is 29.6 Å². The second-order valence-electron chi connectivity index (χ2n) is 5.74. The first kappa shape index (κ1) is 18.7. The zero-order valence-electron chi connectivity index (χ0n) is 14.2. The van der Waals surface area contributed by atoms with Crippen LogP contribution in [0.4, 0.5) is 0 Å². The van der Waals surface area contributed by atoms with Gasteiger partial charge in [0.2, 0.25) is 5.91 Å². The van der Waals surface area contributed by atoms with Crippen molar-refractivity contribution in [3.8, 4) is 0 Å². The van der Waals surface area contributed by atoms with Crippen LogP contribution in [0.1, 0.15) is 39.3 Å². The van der Waals surface area contributed by atoms with Crippen LogP contribution in [0.3, 0.4) is 0 Å². The molecule has 1 heterocycles. The summed E-state index contributed by atoms with van der Waals surface area (Å²) in [6.07, 6.45) is 0. The molecule has 0 fully saturated rings. The Kier molecular flexibility index (Phi) is 5.93. The Labute approximate surface area is 149 Å². The summed E-state index contributed by atoms with van der Waals surface area (Å²) in [5.41, 5.74) is 2.28. The number of amides is 2. The van der Waals surface area contributed by atoms with E-state index in [2.05, 4.69) is 10.6 Å². The summed E-state index contributed by atoms with van der Waals surface area (Å²) in [6, 6.07) is 6.67. The van der Waals surface area contributed by atoms with Gasteiger partial charge in [-0.3, -0.25) is 9.59 Å². The maximum atomic E-state index is 12.3. The zero-order chi connectivity index (χ0) is 18.6. The quantitative estimate of drug-likeness (QED) is 0.737. The molecule has 0 spiro atoms. The Morgan fingerprint density at radius 1 is 1.08 bits per heavy atom. The van der Waals surface area contributed by atoms with E-state index in [1.807, 2.05) is 19.9 Å². The standard InChI is InChI=1S/C18H20N2O4S/c1-10-6-4-7-13(11(10)2)15(18(23)24)20-16(21)12(3)19-17(22)14-8-5-9-25-14/h4-9,12,15H,1-3H3,(H,19,22)(H,20,21)(H,23,24). The molecule has 0 bridgehead atoms. The average Bonchev–Trinajstić information content (AvgIpc) is 3.09. The minimum Gasteiger partial charge on any atom is -0.479 e. The third-order valence-corrected chi connectivity index (χ3v) is 4.85. The summed E-state index contributed by atoms with van der Waals surface area (Å²) >= 11 is 1.27. The molecule has 132 valence electrons. The van der Waals surface area contributed by atoms with Gasteiger partial charge in [-0.15, -0.1) is 11.3 Å². The van der Waals surface area contributed by atoms with E-state index < -0.39 is 24.0 Å². The van der Waals surface area contributed by atoms with Crippen molar-refractivity contribution in [3.63, 3.8) is 0 Å². The number of hydrogen-bond donors (Lipinski definition) is 3. The van der Waals surface area contributed by atoms with Crippen LogP contribution >= 0.6 is 11.3 Å². The van der Waals surface area contributed by atoms with Crippen LogP contribution in [0, 0.1) is 13.8 Å². The molecule has 0 aliphatic heterocycles. The summed E-state index contributed by atoms with van der Waals surface area (Å²) in [5, 5.41) is 16.3. The molecule has 0 aliphatic carbocycles. The molecule has 2 atom stereocenters. The molecule has 3 N–H and O–H groups in total. The minimum absolute atomic E-state index is 0.365. The van der Waals surface area contributed by atoms with Crippen LogP contribution in [0.5, 0.6) is 0 Å². The van der Waals surface area contributed by atoms with Crippen LogP contribution in [-0.4, -0.2) is 28.9 Å². The molecule has 1 aromatic carbocycles. The number of nitrogens with one attached hydrogen (secondary N) is 2. The number of carboxylic acid groups (broad SMARTS) is 1. The van der Waals surface area contributed by atoms with Gasteiger partial charge in [0.25, 0.3) is 5.91 Å². The first-order valence-electron chi connectivity index (χ1n) is 7.75. The fourth-order valence-electron chi connectivity index (χ4n) is 2.37. The lowest BCUT2D eigenvalue weighted by Gasteiger charge is -2.21. The van der Waals surface area contributed by atoms with Gasteiger partial charge in [0.1, 0.15) is 6.04 Å². The summed E-state index contributed by atoms with van der Waals surface area (Å²) in [4.78, 5) is 36.5. The number of aryl methyl sites for hydroxylation is 1. The molecule has 0 saturated carbocycles. The second kappa shape index (κ2) is 7.94. The molecule has 0 radical (unpaired) electrons. The number of aliphatic carboxylic acids is 1. The smallest absolute Gasteiger partial charge is 0.330 e. The van der Waals surface area contributed by atoms with Gasteiger partial charge in [-0.1, -0.05) is 24.3 Å². The lowest BCUT2D eigenvalue weighted by molar-refractivity contribution is -0.142. The third kappa shape index (κ3) is 4.45. The molecule has 2 aromatic rings. The van der Waals surface area contributed by atoms with E-state index in [-0.39, 0.29) is 5.91 Å². The number of thiophene rings is 1. The van der Waals surface area contributed by atoms with Gasteiger partial charge in [0, 0.05) is 0 Å². The molecular weight excluding hydrogens is 340 g/mol. The van der Waals surface area contributed by atoms with E-state index in [1.165, 1.54) is 18.3 Å². The molecular formula is C18H20N2O4S. The molecule has 0 aliphatic rings. The molecule has 7 heteroatoms. The van der Waals surface area contributed by atoms with Gasteiger partial charge in [-0.05, 0) is 48.9 Å². The Balaban J connectivity index is 2.11. The van der Waals surface area contributed by atoms with Gasteiger partial charge >= 0.3 is 5.97 Å². The Morgan fingerprint density at radius 2 is 1.80 bits per heavy atom. The van der Waals surface area contributed by atoms with Crippen molar-refractivity contribution >= 4 is 29.1 Å². The Bertz CT molecular complexity index is 786. The highest BCUT2D eigenvalue weighted by Crippen LogP contribution is 2.21. The highest BCUT2D eigenvalue weighted by Gasteiger charge is 2.27. The minimum atomic E-state index is -1.17. The number of benzene rings is 1. The molecule has 2 rings (SSSR count). The van der Waals surface area contributed by atoms with Crippen LogP contribution in [0.15, 0.2) is 35.7 Å². The van der Waals surface area contributed by atoms with Crippen LogP contribution < -0.4 is 10.6 Å². The third-order valence-electron chi connectivity index (χ3n) is 3.98. The monoisotopic (exact) mass is 360 g/mol. The predicted molar refractivity (Wildman–Crippen MR) is 95.7 cm³/mol. The molecule has 25 heavy (non-hydrogen) atoms. The van der Waals surface area contributed by atoms with Crippen molar-refractivity contribution in [1.82, 2.24) is 10.6 Å². The van der Waals surface area contributed by atoms with Gasteiger partial charge in [-0.25, -0.2) is 4.79 Å². The molecule has 2 unspecified atom stereocenters. The Morgan fingerprint density at radius 3 is 2.40 bits per heavy atom. The molecule has 0 saturated heterocycles. The number of carbonyl (C=O) groups is 3. The van der Waals surface area contributed by atoms with Crippen molar-refractivity contribution in [1.29, 1.82) is 0 Å². The van der Waals surface area contributed by atoms with Crippen molar-refractivity contribution in [3.05, 3.63) is 57.3 Å². The van der Waals surface area contributed by atoms with Crippen LogP contribution in [0.25, 0.3) is 0 Å². The fraction of sp³-hybridized carbons (Fsp3) is 0.278. The lowest BCUT2D eigenvalue weighted by Crippen LogP contribution is -2.47. The first-order valence-corrected chi connectivity index (χ1v) is 8.63. The Hall–Kier alpha value is -2.67. The molecule has 2 amide bonds. The van der Waals surface area contributed by atoms with Crippen LogP contribution in [-0.2, 0) is 9.59 Å². The van der Waals surface area contributed by atoms with Crippen LogP contribution in [0.2, 0.25) is 0 Å². The van der Waals surface area contributed by atoms with Crippen molar-refractivity contribution < 1.29 is 19.5 Å². The zero-order valence-corrected chi connectivity index (χ0v) is 15.0. The van der Waals surface area contributed by atoms with Crippen molar-refractivity contribution in [2.75, 3.05) is 0 Å². The predicted octanol–water partition coefficient (Wildman–Crippen LogP) is 2.43. The number of rotatable bonds is 6. The maximum Gasteiger partial charge on any atom is 0.330 e. The maximum absolute atomic E-state index is 12.3. The van der Waals surface area contributed by atoms with Gasteiger partial charge in [-0.2, -0.15) is 0 Å². The van der Waals surface area contributed by atoms with Crippen molar-refractivity contribution in [2.24, 2.45) is 0 Å². The van der Waals surface area contributed by atoms with Gasteiger partial charge in [0.15, 0.2) is 6.04 Å². The summed E-state index contributed by atoms with van der Waals surface area (Å²) in [7, 11) is 0. The highest BCUT2D eigenvalue weighted by atomic mass is 32.1. The van der Waals surface area contributed by atoms with Crippen molar-refractivity contribution in [2.45, 2.75) is 32.9 Å². The number of hydrogen-bond acceptors (Lipinski definition) is 4. The number of carbonyl (C=O) groups excluding carboxylic acids is 2. The van der Waals surface area contributed by atoms with Gasteiger partial charge < -0.3 is 15.7 Å². The normalized spacial score (nSPS) is 12.9. The van der Waals surface area contributed by atoms with E-state index in [0.717, 1.165) is 11.1 Å². The van der Waals surface area contributed by atoms with Gasteiger partial charge in [0.05, 0.1) is 4.88 Å². The SMILES string of the molecule is Cc1cccc(C(NC(=O)C(C)NC(=O)c2cccs2)C(=O)O)c1C. The fourth-order valence-corrected chi connectivity index (χ4v) is 2.99. The summed E-state index contributed by atoms with van der Waals surface area (Å²) in [5.74, 6) is -2.08.